The van der Waals surface area contributed by atoms with Crippen LogP contribution in [0.5, 0.6) is 11.5 Å². The van der Waals surface area contributed by atoms with E-state index in [0.29, 0.717) is 36.6 Å². The number of hydrogen-bond donors (Lipinski definition) is 2. The molecule has 3 aromatic heterocycles. The van der Waals surface area contributed by atoms with Crippen LogP contribution in [-0.2, 0) is 11.3 Å². The Labute approximate surface area is 229 Å². The molecule has 1 aliphatic heterocycles. The number of ether oxygens (including phenoxy) is 2. The summed E-state index contributed by atoms with van der Waals surface area (Å²) < 4.78 is 26.6. The second-order valence-electron chi connectivity index (χ2n) is 9.08. The number of halogens is 1. The van der Waals surface area contributed by atoms with Crippen LogP contribution in [0.25, 0.3) is 20.8 Å². The fourth-order valence-electron chi connectivity index (χ4n) is 4.20. The van der Waals surface area contributed by atoms with Gasteiger partial charge in [-0.15, -0.1) is 11.3 Å². The maximum atomic E-state index is 14.9. The minimum atomic E-state index is -0.601. The van der Waals surface area contributed by atoms with Gasteiger partial charge in [-0.25, -0.2) is 14.0 Å². The largest absolute Gasteiger partial charge is 0.453 e. The van der Waals surface area contributed by atoms with Crippen LogP contribution in [0.1, 0.15) is 32.3 Å². The van der Waals surface area contributed by atoms with Crippen molar-refractivity contribution in [1.29, 1.82) is 0 Å². The van der Waals surface area contributed by atoms with Crippen LogP contribution in [0.3, 0.4) is 0 Å². The minimum Gasteiger partial charge on any atom is -0.453 e. The van der Waals surface area contributed by atoms with Gasteiger partial charge >= 0.3 is 12.1 Å². The number of nitrogens with zero attached hydrogens (tertiary/aromatic N) is 3. The van der Waals surface area contributed by atoms with E-state index in [-0.39, 0.29) is 23.9 Å². The smallest absolute Gasteiger partial charge is 0.410 e. The number of thiophene rings is 1. The van der Waals surface area contributed by atoms with Gasteiger partial charge in [0.25, 0.3) is 0 Å². The number of nitrogens with one attached hydrogen (secondary N) is 2. The van der Waals surface area contributed by atoms with Crippen molar-refractivity contribution in [3.8, 4) is 22.1 Å². The second kappa shape index (κ2) is 11.6. The number of carbonyl (C=O) groups excluding carboxylic acids is 2. The Morgan fingerprint density at radius 1 is 1.15 bits per heavy atom. The highest BCUT2D eigenvalue weighted by molar-refractivity contribution is 7.22. The summed E-state index contributed by atoms with van der Waals surface area (Å²) in [4.78, 5) is 35.4. The molecule has 0 spiro atoms. The highest BCUT2D eigenvalue weighted by Crippen LogP contribution is 2.39. The number of fused-ring (bicyclic) bond motifs is 1. The zero-order valence-corrected chi connectivity index (χ0v) is 22.4. The number of cyclic esters (lactones) is 1. The normalized spacial score (nSPS) is 13.1. The number of rotatable bonds is 9. The van der Waals surface area contributed by atoms with Gasteiger partial charge in [-0.05, 0) is 42.7 Å². The van der Waals surface area contributed by atoms with Gasteiger partial charge in [0.05, 0.1) is 33.9 Å². The average Bonchev–Trinajstić information content (AvgIpc) is 3.56. The van der Waals surface area contributed by atoms with Crippen molar-refractivity contribution in [2.75, 3.05) is 18.5 Å². The highest BCUT2D eigenvalue weighted by atomic mass is 32.1. The van der Waals surface area contributed by atoms with Crippen LogP contribution in [0.15, 0.2) is 54.9 Å². The molecule has 0 unspecified atom stereocenters. The lowest BCUT2D eigenvalue weighted by Gasteiger charge is -2.15. The Bertz CT molecular complexity index is 1490. The summed E-state index contributed by atoms with van der Waals surface area (Å²) >= 11 is 1.44. The summed E-state index contributed by atoms with van der Waals surface area (Å²) in [6, 6.07) is 11.4. The Morgan fingerprint density at radius 2 is 2.00 bits per heavy atom. The van der Waals surface area contributed by atoms with E-state index >= 15 is 0 Å². The monoisotopic (exact) mass is 549 g/mol. The first kappa shape index (κ1) is 26.4. The quantitative estimate of drug-likeness (QED) is 0.245. The maximum Gasteiger partial charge on any atom is 0.410 e. The molecule has 1 aromatic carbocycles. The van der Waals surface area contributed by atoms with Crippen molar-refractivity contribution in [3.63, 3.8) is 0 Å². The molecule has 1 fully saturated rings. The zero-order chi connectivity index (χ0) is 27.4. The lowest BCUT2D eigenvalue weighted by molar-refractivity contribution is 0.157. The molecule has 11 heteroatoms. The summed E-state index contributed by atoms with van der Waals surface area (Å²) in [6.07, 6.45) is 4.66. The van der Waals surface area contributed by atoms with Crippen LogP contribution in [0.2, 0.25) is 0 Å². The van der Waals surface area contributed by atoms with E-state index < -0.39 is 5.82 Å². The number of urea groups is 1. The molecule has 0 radical (unpaired) electrons. The number of aromatic nitrogens is 2. The molecule has 1 aliphatic rings. The lowest BCUT2D eigenvalue weighted by atomic mass is 10.2. The fourth-order valence-corrected chi connectivity index (χ4v) is 5.24. The molecule has 0 aliphatic carbocycles. The van der Waals surface area contributed by atoms with Crippen molar-refractivity contribution in [3.05, 3.63) is 66.2 Å². The molecular formula is C28H28FN5O4S. The SMILES string of the molecule is CCC(CC)NC(=O)Nc1ccc(Oc2ccnc3cc(-c4ccc(CN5CCOC5=O)cn4)sc23)c(F)c1. The Balaban J connectivity index is 1.30. The standard InChI is InChI=1S/C28H28FN5O4S/c1-3-18(4-2)32-27(35)33-19-6-8-23(20(29)13-19)38-24-9-10-30-22-14-25(39-26(22)24)21-7-5-17(15-31-21)16-34-11-12-37-28(34)36/h5-10,13-15,18H,3-4,11-12,16H2,1-2H3,(H2,32,33,35). The van der Waals surface area contributed by atoms with E-state index in [2.05, 4.69) is 20.6 Å². The average molecular weight is 550 g/mol. The van der Waals surface area contributed by atoms with Gasteiger partial charge in [0.1, 0.15) is 12.4 Å². The minimum absolute atomic E-state index is 0.0336. The van der Waals surface area contributed by atoms with Crippen molar-refractivity contribution in [1.82, 2.24) is 20.2 Å². The first-order valence-electron chi connectivity index (χ1n) is 12.7. The summed E-state index contributed by atoms with van der Waals surface area (Å²) in [5, 5.41) is 5.52. The summed E-state index contributed by atoms with van der Waals surface area (Å²) in [5.74, 6) is -0.103. The number of carbonyl (C=O) groups is 2. The lowest BCUT2D eigenvalue weighted by Crippen LogP contribution is -2.37. The Hall–Kier alpha value is -4.25. The molecule has 0 bridgehead atoms. The van der Waals surface area contributed by atoms with Gasteiger partial charge in [-0.2, -0.15) is 0 Å². The summed E-state index contributed by atoms with van der Waals surface area (Å²) in [7, 11) is 0. The van der Waals surface area contributed by atoms with E-state index in [1.807, 2.05) is 32.0 Å². The molecule has 0 saturated carbocycles. The van der Waals surface area contributed by atoms with Crippen LogP contribution in [0.4, 0.5) is 19.7 Å². The summed E-state index contributed by atoms with van der Waals surface area (Å²) in [5.41, 5.74) is 2.69. The molecule has 9 nitrogen and oxygen atoms in total. The molecule has 202 valence electrons. The molecule has 5 rings (SSSR count). The molecule has 4 heterocycles. The Morgan fingerprint density at radius 3 is 2.69 bits per heavy atom. The zero-order valence-electron chi connectivity index (χ0n) is 21.6. The molecular weight excluding hydrogens is 521 g/mol. The van der Waals surface area contributed by atoms with Gasteiger partial charge in [0, 0.05) is 36.3 Å². The third-order valence-corrected chi connectivity index (χ3v) is 7.56. The molecule has 4 aromatic rings. The van der Waals surface area contributed by atoms with Gasteiger partial charge < -0.3 is 25.0 Å². The molecule has 3 amide bonds. The first-order chi connectivity index (χ1) is 18.9. The molecule has 0 atom stereocenters. The number of amides is 3. The fraction of sp³-hybridized carbons (Fsp3) is 0.286. The third kappa shape index (κ3) is 6.09. The number of hydrogen-bond acceptors (Lipinski definition) is 7. The Kier molecular flexibility index (Phi) is 7.87. The van der Waals surface area contributed by atoms with Crippen LogP contribution in [0, 0.1) is 5.82 Å². The van der Waals surface area contributed by atoms with Crippen LogP contribution in [-0.4, -0.2) is 46.2 Å². The molecule has 2 N–H and O–H groups in total. The number of pyridine rings is 2. The van der Waals surface area contributed by atoms with E-state index in [9.17, 15) is 14.0 Å². The number of benzene rings is 1. The summed E-state index contributed by atoms with van der Waals surface area (Å²) in [6.45, 7) is 5.41. The second-order valence-corrected chi connectivity index (χ2v) is 10.1. The van der Waals surface area contributed by atoms with Gasteiger partial charge in [-0.1, -0.05) is 19.9 Å². The third-order valence-electron chi connectivity index (χ3n) is 6.40. The van der Waals surface area contributed by atoms with E-state index in [1.54, 1.807) is 29.4 Å². The molecule has 39 heavy (non-hydrogen) atoms. The van der Waals surface area contributed by atoms with Gasteiger partial charge in [-0.3, -0.25) is 9.97 Å². The van der Waals surface area contributed by atoms with Crippen molar-refractivity contribution >= 4 is 39.4 Å². The van der Waals surface area contributed by atoms with Gasteiger partial charge in [0.2, 0.25) is 0 Å². The van der Waals surface area contributed by atoms with Crippen molar-refractivity contribution in [2.45, 2.75) is 39.3 Å². The van der Waals surface area contributed by atoms with Crippen LogP contribution < -0.4 is 15.4 Å². The first-order valence-corrected chi connectivity index (χ1v) is 13.6. The highest BCUT2D eigenvalue weighted by Gasteiger charge is 2.22. The van der Waals surface area contributed by atoms with E-state index in [0.717, 1.165) is 33.7 Å². The topological polar surface area (TPSA) is 106 Å². The molecule has 1 saturated heterocycles. The predicted octanol–water partition coefficient (Wildman–Crippen LogP) is 6.55. The predicted molar refractivity (Wildman–Crippen MR) is 148 cm³/mol. The van der Waals surface area contributed by atoms with Crippen LogP contribution >= 0.6 is 11.3 Å². The maximum absolute atomic E-state index is 14.9. The van der Waals surface area contributed by atoms with E-state index in [4.69, 9.17) is 9.47 Å². The van der Waals surface area contributed by atoms with Gasteiger partial charge in [0.15, 0.2) is 11.6 Å². The van der Waals surface area contributed by atoms with Crippen molar-refractivity contribution in [2.24, 2.45) is 0 Å². The van der Waals surface area contributed by atoms with Crippen molar-refractivity contribution < 1.29 is 23.5 Å². The number of anilines is 1. The van der Waals surface area contributed by atoms with E-state index in [1.165, 1.54) is 23.5 Å².